The summed E-state index contributed by atoms with van der Waals surface area (Å²) in [7, 11) is 0. The van der Waals surface area contributed by atoms with E-state index in [2.05, 4.69) is 4.99 Å². The van der Waals surface area contributed by atoms with Gasteiger partial charge in [0, 0.05) is 6.54 Å². The highest BCUT2D eigenvalue weighted by atomic mass is 16.5. The second-order valence-corrected chi connectivity index (χ2v) is 8.38. The zero-order valence-corrected chi connectivity index (χ0v) is 16.6. The van der Waals surface area contributed by atoms with Crippen LogP contribution >= 0.6 is 0 Å². The number of carboxylic acid groups (broad SMARTS) is 1. The van der Waals surface area contributed by atoms with Crippen LogP contribution in [-0.4, -0.2) is 58.8 Å². The smallest absolute Gasteiger partial charge is 0.349 e. The molecule has 156 valence electrons. The Bertz CT molecular complexity index is 608. The van der Waals surface area contributed by atoms with Crippen LogP contribution in [0.15, 0.2) is 4.99 Å². The molecule has 2 aliphatic carbocycles. The van der Waals surface area contributed by atoms with Crippen LogP contribution in [0.25, 0.3) is 0 Å². The van der Waals surface area contributed by atoms with Gasteiger partial charge < -0.3 is 14.7 Å². The van der Waals surface area contributed by atoms with Crippen molar-refractivity contribution in [2.45, 2.75) is 88.7 Å². The third-order valence-corrected chi connectivity index (χ3v) is 6.63. The molecule has 7 nitrogen and oxygen atoms in total. The number of aliphatic imine (C=N–C) groups is 1. The molecule has 1 amide bonds. The molecule has 1 N–H and O–H groups in total. The molecule has 3 aliphatic rings. The van der Waals surface area contributed by atoms with Gasteiger partial charge in [0.1, 0.15) is 24.4 Å². The van der Waals surface area contributed by atoms with Gasteiger partial charge in [0.2, 0.25) is 5.91 Å². The van der Waals surface area contributed by atoms with Crippen molar-refractivity contribution in [3.8, 4) is 0 Å². The van der Waals surface area contributed by atoms with E-state index in [1.165, 1.54) is 11.3 Å². The molecule has 28 heavy (non-hydrogen) atoms. The number of carboxylic acids is 1. The number of carbonyl (C=O) groups excluding carboxylic acids is 2. The van der Waals surface area contributed by atoms with Gasteiger partial charge in [-0.15, -0.1) is 0 Å². The minimum Gasteiger partial charge on any atom is -0.479 e. The SMILES string of the molecule is O=C(C=NCC(=O)N1CCC[C@]1(C(=O)O)C1CCCCC1)OC1CCCCC1. The Balaban J connectivity index is 1.58. The summed E-state index contributed by atoms with van der Waals surface area (Å²) in [6.45, 7) is 0.241. The summed E-state index contributed by atoms with van der Waals surface area (Å²) in [5, 5.41) is 10.0. The zero-order chi connectivity index (χ0) is 20.0. The Labute approximate surface area is 166 Å². The first kappa shape index (κ1) is 20.8. The van der Waals surface area contributed by atoms with Crippen LogP contribution in [0.2, 0.25) is 0 Å². The molecule has 1 atom stereocenters. The van der Waals surface area contributed by atoms with Crippen molar-refractivity contribution in [2.75, 3.05) is 13.1 Å². The second-order valence-electron chi connectivity index (χ2n) is 8.38. The van der Waals surface area contributed by atoms with E-state index in [1.54, 1.807) is 0 Å². The summed E-state index contributed by atoms with van der Waals surface area (Å²) in [6, 6.07) is 0. The van der Waals surface area contributed by atoms with Gasteiger partial charge in [-0.25, -0.2) is 9.59 Å². The normalized spacial score (nSPS) is 27.2. The van der Waals surface area contributed by atoms with Crippen LogP contribution in [0.4, 0.5) is 0 Å². The van der Waals surface area contributed by atoms with E-state index in [9.17, 15) is 19.5 Å². The van der Waals surface area contributed by atoms with Crippen LogP contribution in [0, 0.1) is 5.92 Å². The first-order valence-electron chi connectivity index (χ1n) is 10.8. The highest BCUT2D eigenvalue weighted by Gasteiger charge is 2.54. The average molecular weight is 392 g/mol. The van der Waals surface area contributed by atoms with Crippen LogP contribution < -0.4 is 0 Å². The number of nitrogens with zero attached hydrogens (tertiary/aromatic N) is 2. The molecule has 1 heterocycles. The second kappa shape index (κ2) is 9.52. The molecule has 1 saturated heterocycles. The molecule has 1 aliphatic heterocycles. The molecule has 0 unspecified atom stereocenters. The topological polar surface area (TPSA) is 96.3 Å². The number of aliphatic carboxylic acids is 1. The van der Waals surface area contributed by atoms with Crippen molar-refractivity contribution in [3.63, 3.8) is 0 Å². The van der Waals surface area contributed by atoms with Gasteiger partial charge in [0.25, 0.3) is 0 Å². The highest BCUT2D eigenvalue weighted by molar-refractivity contribution is 6.23. The lowest BCUT2D eigenvalue weighted by atomic mass is 9.73. The van der Waals surface area contributed by atoms with Crippen molar-refractivity contribution >= 4 is 24.1 Å². The molecule has 7 heteroatoms. The Kier molecular flexibility index (Phi) is 7.08. The Morgan fingerprint density at radius 2 is 1.64 bits per heavy atom. The van der Waals surface area contributed by atoms with E-state index in [-0.39, 0.29) is 24.5 Å². The first-order valence-corrected chi connectivity index (χ1v) is 10.8. The largest absolute Gasteiger partial charge is 0.479 e. The molecule has 0 aromatic carbocycles. The molecule has 0 spiro atoms. The molecule has 0 radical (unpaired) electrons. The lowest BCUT2D eigenvalue weighted by Crippen LogP contribution is -2.58. The number of hydrogen-bond donors (Lipinski definition) is 1. The van der Waals surface area contributed by atoms with Gasteiger partial charge in [-0.2, -0.15) is 0 Å². The molecule has 0 aromatic heterocycles. The molecule has 2 saturated carbocycles. The first-order chi connectivity index (χ1) is 13.5. The van der Waals surface area contributed by atoms with E-state index in [4.69, 9.17) is 4.74 Å². The molecule has 0 aromatic rings. The average Bonchev–Trinajstić information content (AvgIpc) is 3.16. The van der Waals surface area contributed by atoms with Crippen LogP contribution in [0.1, 0.15) is 77.0 Å². The lowest BCUT2D eigenvalue weighted by molar-refractivity contribution is -0.161. The Morgan fingerprint density at radius 3 is 2.29 bits per heavy atom. The molecular weight excluding hydrogens is 360 g/mol. The van der Waals surface area contributed by atoms with Crippen molar-refractivity contribution in [1.82, 2.24) is 4.90 Å². The van der Waals surface area contributed by atoms with Crippen molar-refractivity contribution in [3.05, 3.63) is 0 Å². The quantitative estimate of drug-likeness (QED) is 0.554. The van der Waals surface area contributed by atoms with E-state index in [0.717, 1.165) is 64.0 Å². The van der Waals surface area contributed by atoms with Gasteiger partial charge in [-0.05, 0) is 57.3 Å². The summed E-state index contributed by atoms with van der Waals surface area (Å²) in [6.07, 6.45) is 12.2. The van der Waals surface area contributed by atoms with Crippen LogP contribution in [0.3, 0.4) is 0 Å². The minimum atomic E-state index is -1.10. The predicted molar refractivity (Wildman–Crippen MR) is 104 cm³/mol. The lowest BCUT2D eigenvalue weighted by Gasteiger charge is -2.42. The number of likely N-dealkylation sites (tertiary alicyclic amines) is 1. The van der Waals surface area contributed by atoms with Crippen LogP contribution in [-0.2, 0) is 19.1 Å². The molecule has 3 rings (SSSR count). The predicted octanol–water partition coefficient (Wildman–Crippen LogP) is 2.96. The number of esters is 1. The Morgan fingerprint density at radius 1 is 1.00 bits per heavy atom. The van der Waals surface area contributed by atoms with Crippen molar-refractivity contribution in [1.29, 1.82) is 0 Å². The third kappa shape index (κ3) is 4.55. The summed E-state index contributed by atoms with van der Waals surface area (Å²) in [4.78, 5) is 42.4. The summed E-state index contributed by atoms with van der Waals surface area (Å²) >= 11 is 0. The maximum Gasteiger partial charge on any atom is 0.349 e. The Hall–Kier alpha value is -1.92. The molecular formula is C21H32N2O5. The maximum absolute atomic E-state index is 12.8. The van der Waals surface area contributed by atoms with Gasteiger partial charge in [0.15, 0.2) is 0 Å². The minimum absolute atomic E-state index is 0.00504. The summed E-state index contributed by atoms with van der Waals surface area (Å²) in [5.41, 5.74) is -1.10. The van der Waals surface area contributed by atoms with Gasteiger partial charge in [-0.3, -0.25) is 9.79 Å². The number of ether oxygens (including phenoxy) is 1. The number of amides is 1. The molecule has 3 fully saturated rings. The zero-order valence-electron chi connectivity index (χ0n) is 16.6. The van der Waals surface area contributed by atoms with Crippen LogP contribution in [0.5, 0.6) is 0 Å². The monoisotopic (exact) mass is 392 g/mol. The summed E-state index contributed by atoms with van der Waals surface area (Å²) < 4.78 is 5.37. The van der Waals surface area contributed by atoms with E-state index in [0.29, 0.717) is 19.4 Å². The van der Waals surface area contributed by atoms with Gasteiger partial charge >= 0.3 is 11.9 Å². The summed E-state index contributed by atoms with van der Waals surface area (Å²) in [5.74, 6) is -1.72. The van der Waals surface area contributed by atoms with Gasteiger partial charge in [0.05, 0.1) is 0 Å². The van der Waals surface area contributed by atoms with Crippen molar-refractivity contribution in [2.24, 2.45) is 10.9 Å². The third-order valence-electron chi connectivity index (χ3n) is 6.63. The van der Waals surface area contributed by atoms with E-state index < -0.39 is 17.5 Å². The fourth-order valence-corrected chi connectivity index (χ4v) is 5.25. The standard InChI is InChI=1S/C21H32N2O5/c24-18(14-22-15-19(25)28-17-10-5-2-6-11-17)23-13-7-12-21(23,20(26)27)16-8-3-1-4-9-16/h15-17H,1-14H2,(H,26,27)/t21-/m1/s1. The number of carbonyl (C=O) groups is 3. The maximum atomic E-state index is 12.8. The fraction of sp³-hybridized carbons (Fsp3) is 0.810. The number of hydrogen-bond acceptors (Lipinski definition) is 5. The highest BCUT2D eigenvalue weighted by Crippen LogP contribution is 2.43. The van der Waals surface area contributed by atoms with E-state index >= 15 is 0 Å². The van der Waals surface area contributed by atoms with Gasteiger partial charge in [-0.1, -0.05) is 25.7 Å². The fourth-order valence-electron chi connectivity index (χ4n) is 5.25. The number of rotatable bonds is 6. The van der Waals surface area contributed by atoms with Crippen molar-refractivity contribution < 1.29 is 24.2 Å². The molecule has 0 bridgehead atoms. The van der Waals surface area contributed by atoms with E-state index in [1.807, 2.05) is 0 Å².